The Hall–Kier alpha value is -1.18. The van der Waals surface area contributed by atoms with Crippen LogP contribution >= 0.6 is 0 Å². The molecule has 0 spiro atoms. The fourth-order valence-electron chi connectivity index (χ4n) is 2.48. The van der Waals surface area contributed by atoms with Crippen LogP contribution in [0.4, 0.5) is 11.4 Å². The van der Waals surface area contributed by atoms with E-state index in [9.17, 15) is 0 Å². The van der Waals surface area contributed by atoms with Crippen molar-refractivity contribution in [3.63, 3.8) is 0 Å². The summed E-state index contributed by atoms with van der Waals surface area (Å²) in [5.74, 6) is 0. The summed E-state index contributed by atoms with van der Waals surface area (Å²) in [6.07, 6.45) is 0. The van der Waals surface area contributed by atoms with Gasteiger partial charge in [-0.05, 0) is 36.5 Å². The van der Waals surface area contributed by atoms with Gasteiger partial charge in [0.2, 0.25) is 0 Å². The number of hydrogen-bond acceptors (Lipinski definition) is 2. The third-order valence-corrected chi connectivity index (χ3v) is 3.23. The predicted molar refractivity (Wildman–Crippen MR) is 66.3 cm³/mol. The third kappa shape index (κ3) is 1.69. The first-order valence-corrected chi connectivity index (χ1v) is 5.51. The zero-order valence-electron chi connectivity index (χ0n) is 10.1. The van der Waals surface area contributed by atoms with Crippen molar-refractivity contribution < 1.29 is 0 Å². The van der Waals surface area contributed by atoms with Gasteiger partial charge in [-0.3, -0.25) is 0 Å². The highest BCUT2D eigenvalue weighted by atomic mass is 15.2. The number of anilines is 2. The predicted octanol–water partition coefficient (Wildman–Crippen LogP) is 2.73. The maximum absolute atomic E-state index is 5.95. The smallest absolute Gasteiger partial charge is 0.0446 e. The first kappa shape index (κ1) is 10.3. The van der Waals surface area contributed by atoms with Crippen LogP contribution in [0, 0.1) is 19.3 Å². The highest BCUT2D eigenvalue weighted by molar-refractivity contribution is 5.69. The number of hydrogen-bond donors (Lipinski definition) is 1. The van der Waals surface area contributed by atoms with E-state index in [1.54, 1.807) is 0 Å². The first-order valence-electron chi connectivity index (χ1n) is 5.51. The molecule has 1 aromatic rings. The third-order valence-electron chi connectivity index (χ3n) is 3.23. The van der Waals surface area contributed by atoms with Crippen molar-refractivity contribution in [2.24, 2.45) is 5.41 Å². The van der Waals surface area contributed by atoms with Crippen LogP contribution in [0.2, 0.25) is 0 Å². The molecule has 2 N–H and O–H groups in total. The number of benzene rings is 1. The van der Waals surface area contributed by atoms with Gasteiger partial charge in [0.25, 0.3) is 0 Å². The average molecular weight is 204 g/mol. The standard InChI is InChI=1S/C13H20N2/c1-9-5-6-11(14)10(2)12(9)15-7-13(3,4)8-15/h5-6H,7-8,14H2,1-4H3. The second kappa shape index (κ2) is 3.16. The molecule has 0 unspecified atom stereocenters. The molecular weight excluding hydrogens is 184 g/mol. The Morgan fingerprint density at radius 3 is 2.33 bits per heavy atom. The van der Waals surface area contributed by atoms with Crippen molar-refractivity contribution in [2.45, 2.75) is 27.7 Å². The molecule has 0 atom stereocenters. The van der Waals surface area contributed by atoms with Gasteiger partial charge in [-0.1, -0.05) is 19.9 Å². The number of nitrogens with two attached hydrogens (primary N) is 1. The maximum atomic E-state index is 5.95. The summed E-state index contributed by atoms with van der Waals surface area (Å²) in [5.41, 5.74) is 11.2. The number of nitrogen functional groups attached to an aromatic ring is 1. The van der Waals surface area contributed by atoms with Gasteiger partial charge in [0.15, 0.2) is 0 Å². The Kier molecular flexibility index (Phi) is 2.18. The molecule has 0 radical (unpaired) electrons. The van der Waals surface area contributed by atoms with Crippen LogP contribution in [0.25, 0.3) is 0 Å². The summed E-state index contributed by atoms with van der Waals surface area (Å²) in [7, 11) is 0. The molecule has 1 fully saturated rings. The van der Waals surface area contributed by atoms with E-state index in [0.717, 1.165) is 18.8 Å². The molecule has 0 saturated carbocycles. The van der Waals surface area contributed by atoms with Gasteiger partial charge in [0.05, 0.1) is 0 Å². The second-order valence-electron chi connectivity index (χ2n) is 5.47. The Balaban J connectivity index is 2.33. The minimum absolute atomic E-state index is 0.462. The molecule has 0 aliphatic carbocycles. The number of aryl methyl sites for hydroxylation is 1. The minimum Gasteiger partial charge on any atom is -0.398 e. The van der Waals surface area contributed by atoms with Crippen molar-refractivity contribution in [1.29, 1.82) is 0 Å². The van der Waals surface area contributed by atoms with Crippen molar-refractivity contribution >= 4 is 11.4 Å². The van der Waals surface area contributed by atoms with Crippen LogP contribution in [0.1, 0.15) is 25.0 Å². The van der Waals surface area contributed by atoms with Gasteiger partial charge < -0.3 is 10.6 Å². The zero-order valence-corrected chi connectivity index (χ0v) is 10.1. The number of rotatable bonds is 1. The molecule has 1 aliphatic rings. The molecule has 2 heteroatoms. The zero-order chi connectivity index (χ0) is 11.2. The summed E-state index contributed by atoms with van der Waals surface area (Å²) in [4.78, 5) is 2.43. The SMILES string of the molecule is Cc1ccc(N)c(C)c1N1CC(C)(C)C1. The van der Waals surface area contributed by atoms with Crippen LogP contribution in [-0.4, -0.2) is 13.1 Å². The molecule has 0 bridgehead atoms. The largest absolute Gasteiger partial charge is 0.398 e. The van der Waals surface area contributed by atoms with Crippen molar-refractivity contribution in [1.82, 2.24) is 0 Å². The lowest BCUT2D eigenvalue weighted by Crippen LogP contribution is -2.53. The van der Waals surface area contributed by atoms with Gasteiger partial charge in [0.1, 0.15) is 0 Å². The Labute approximate surface area is 92.1 Å². The lowest BCUT2D eigenvalue weighted by molar-refractivity contribution is 0.276. The summed E-state index contributed by atoms with van der Waals surface area (Å²) in [5, 5.41) is 0. The van der Waals surface area contributed by atoms with E-state index in [-0.39, 0.29) is 0 Å². The van der Waals surface area contributed by atoms with E-state index < -0.39 is 0 Å². The summed E-state index contributed by atoms with van der Waals surface area (Å²) >= 11 is 0. The lowest BCUT2D eigenvalue weighted by atomic mass is 9.83. The van der Waals surface area contributed by atoms with E-state index in [4.69, 9.17) is 5.73 Å². The van der Waals surface area contributed by atoms with E-state index in [1.807, 2.05) is 6.07 Å². The quantitative estimate of drug-likeness (QED) is 0.713. The molecule has 1 saturated heterocycles. The molecule has 0 amide bonds. The minimum atomic E-state index is 0.462. The van der Waals surface area contributed by atoms with Crippen LogP contribution in [-0.2, 0) is 0 Å². The fraction of sp³-hybridized carbons (Fsp3) is 0.538. The number of nitrogens with zero attached hydrogens (tertiary/aromatic N) is 1. The monoisotopic (exact) mass is 204 g/mol. The normalized spacial score (nSPS) is 18.8. The van der Waals surface area contributed by atoms with Gasteiger partial charge in [0, 0.05) is 24.5 Å². The van der Waals surface area contributed by atoms with Gasteiger partial charge in [-0.25, -0.2) is 0 Å². The lowest BCUT2D eigenvalue weighted by Gasteiger charge is -2.48. The Morgan fingerprint density at radius 2 is 1.80 bits per heavy atom. The first-order chi connectivity index (χ1) is 6.91. The molecule has 15 heavy (non-hydrogen) atoms. The van der Waals surface area contributed by atoms with E-state index in [0.29, 0.717) is 5.41 Å². The van der Waals surface area contributed by atoms with E-state index >= 15 is 0 Å². The molecule has 0 aromatic heterocycles. The summed E-state index contributed by atoms with van der Waals surface area (Å²) in [6, 6.07) is 4.11. The second-order valence-corrected chi connectivity index (χ2v) is 5.47. The molecule has 1 aromatic carbocycles. The fourth-order valence-corrected chi connectivity index (χ4v) is 2.48. The molecule has 1 heterocycles. The highest BCUT2D eigenvalue weighted by Gasteiger charge is 2.35. The Morgan fingerprint density at radius 1 is 1.20 bits per heavy atom. The van der Waals surface area contributed by atoms with E-state index in [1.165, 1.54) is 16.8 Å². The van der Waals surface area contributed by atoms with Crippen LogP contribution in [0.5, 0.6) is 0 Å². The molecular formula is C13H20N2. The molecule has 1 aliphatic heterocycles. The molecule has 2 nitrogen and oxygen atoms in total. The van der Waals surface area contributed by atoms with Gasteiger partial charge >= 0.3 is 0 Å². The van der Waals surface area contributed by atoms with Crippen LogP contribution in [0.3, 0.4) is 0 Å². The summed E-state index contributed by atoms with van der Waals surface area (Å²) in [6.45, 7) is 11.2. The van der Waals surface area contributed by atoms with Crippen molar-refractivity contribution in [3.05, 3.63) is 23.3 Å². The highest BCUT2D eigenvalue weighted by Crippen LogP contribution is 2.38. The van der Waals surface area contributed by atoms with E-state index in [2.05, 4.69) is 38.7 Å². The van der Waals surface area contributed by atoms with Crippen LogP contribution < -0.4 is 10.6 Å². The van der Waals surface area contributed by atoms with Crippen molar-refractivity contribution in [2.75, 3.05) is 23.7 Å². The van der Waals surface area contributed by atoms with Crippen LogP contribution in [0.15, 0.2) is 12.1 Å². The van der Waals surface area contributed by atoms with Gasteiger partial charge in [-0.15, -0.1) is 0 Å². The molecule has 2 rings (SSSR count). The molecule has 82 valence electrons. The average Bonchev–Trinajstić information content (AvgIpc) is 2.09. The van der Waals surface area contributed by atoms with Crippen molar-refractivity contribution in [3.8, 4) is 0 Å². The maximum Gasteiger partial charge on any atom is 0.0446 e. The van der Waals surface area contributed by atoms with Gasteiger partial charge in [-0.2, -0.15) is 0 Å². The Bertz CT molecular complexity index is 386. The summed E-state index contributed by atoms with van der Waals surface area (Å²) < 4.78 is 0. The topological polar surface area (TPSA) is 29.3 Å².